The minimum Gasteiger partial charge on any atom is -0.312 e. The van der Waals surface area contributed by atoms with Crippen LogP contribution >= 0.6 is 27.7 Å². The van der Waals surface area contributed by atoms with Crippen molar-refractivity contribution in [3.05, 3.63) is 64.1 Å². The maximum absolute atomic E-state index is 14.6. The lowest BCUT2D eigenvalue weighted by Gasteiger charge is -2.27. The van der Waals surface area contributed by atoms with Crippen LogP contribution in [0.4, 0.5) is 14.5 Å². The molecule has 0 N–H and O–H groups in total. The van der Waals surface area contributed by atoms with Crippen LogP contribution < -0.4 is 4.90 Å². The van der Waals surface area contributed by atoms with E-state index in [1.165, 1.54) is 30.0 Å². The number of sulfone groups is 1. The van der Waals surface area contributed by atoms with Crippen LogP contribution in [0.2, 0.25) is 0 Å². The van der Waals surface area contributed by atoms with Gasteiger partial charge in [0.25, 0.3) is 0 Å². The zero-order chi connectivity index (χ0) is 19.2. The Morgan fingerprint density at radius 2 is 1.89 bits per heavy atom. The number of hydrogen-bond acceptors (Lipinski definition) is 5. The highest BCUT2D eigenvalue weighted by Gasteiger charge is 2.47. The molecule has 142 valence electrons. The molecule has 0 aliphatic carbocycles. The molecular formula is C18H15BrF2N2O2S2. The number of thioether (sulfide) groups is 1. The predicted octanol–water partition coefficient (Wildman–Crippen LogP) is 4.00. The SMILES string of the molecule is O=S1(=O)CC2N=C(SCc3ccc(F)cc3)N(c3ccc(Br)cc3F)C2C1. The third-order valence-electron chi connectivity index (χ3n) is 4.56. The fourth-order valence-corrected chi connectivity index (χ4v) is 6.57. The number of nitrogens with zero attached hydrogens (tertiary/aromatic N) is 2. The quantitative estimate of drug-likeness (QED) is 0.677. The smallest absolute Gasteiger partial charge is 0.164 e. The lowest BCUT2D eigenvalue weighted by Crippen LogP contribution is -2.39. The van der Waals surface area contributed by atoms with E-state index < -0.39 is 27.7 Å². The van der Waals surface area contributed by atoms with Crippen LogP contribution in [0, 0.1) is 11.6 Å². The van der Waals surface area contributed by atoms with Gasteiger partial charge in [-0.25, -0.2) is 17.2 Å². The summed E-state index contributed by atoms with van der Waals surface area (Å²) in [4.78, 5) is 6.27. The van der Waals surface area contributed by atoms with E-state index in [2.05, 4.69) is 20.9 Å². The molecule has 4 rings (SSSR count). The Balaban J connectivity index is 1.64. The van der Waals surface area contributed by atoms with Gasteiger partial charge in [0, 0.05) is 10.2 Å². The summed E-state index contributed by atoms with van der Waals surface area (Å²) in [5, 5.41) is 0.588. The zero-order valence-electron chi connectivity index (χ0n) is 14.0. The van der Waals surface area contributed by atoms with Gasteiger partial charge >= 0.3 is 0 Å². The van der Waals surface area contributed by atoms with E-state index in [9.17, 15) is 17.2 Å². The Labute approximate surface area is 168 Å². The molecule has 0 bridgehead atoms. The molecule has 0 radical (unpaired) electrons. The van der Waals surface area contributed by atoms with Crippen LogP contribution in [-0.2, 0) is 15.6 Å². The summed E-state index contributed by atoms with van der Waals surface area (Å²) in [6, 6.07) is 10.1. The van der Waals surface area contributed by atoms with Gasteiger partial charge in [-0.3, -0.25) is 4.99 Å². The van der Waals surface area contributed by atoms with E-state index in [1.54, 1.807) is 29.2 Å². The number of amidine groups is 1. The van der Waals surface area contributed by atoms with Crippen molar-refractivity contribution in [3.63, 3.8) is 0 Å². The Kier molecular flexibility index (Phi) is 5.02. The molecule has 1 saturated heterocycles. The summed E-state index contributed by atoms with van der Waals surface area (Å²) in [6.07, 6.45) is 0. The molecule has 0 amide bonds. The largest absolute Gasteiger partial charge is 0.312 e. The molecule has 1 fully saturated rings. The molecule has 0 spiro atoms. The van der Waals surface area contributed by atoms with Crippen LogP contribution in [0.5, 0.6) is 0 Å². The highest BCUT2D eigenvalue weighted by atomic mass is 79.9. The molecule has 4 nitrogen and oxygen atoms in total. The minimum atomic E-state index is -3.19. The van der Waals surface area contributed by atoms with Gasteiger partial charge in [-0.15, -0.1) is 0 Å². The summed E-state index contributed by atoms with van der Waals surface area (Å²) < 4.78 is 52.4. The maximum Gasteiger partial charge on any atom is 0.164 e. The van der Waals surface area contributed by atoms with Gasteiger partial charge in [-0.2, -0.15) is 0 Å². The highest BCUT2D eigenvalue weighted by Crippen LogP contribution is 2.37. The van der Waals surface area contributed by atoms with E-state index in [0.717, 1.165) is 5.56 Å². The molecule has 2 heterocycles. The topological polar surface area (TPSA) is 49.7 Å². The van der Waals surface area contributed by atoms with E-state index in [1.807, 2.05) is 0 Å². The Bertz CT molecular complexity index is 1010. The third kappa shape index (κ3) is 3.90. The molecule has 2 aromatic carbocycles. The summed E-state index contributed by atoms with van der Waals surface area (Å²) in [5.41, 5.74) is 1.22. The fraction of sp³-hybridized carbons (Fsp3) is 0.278. The Morgan fingerprint density at radius 3 is 2.59 bits per heavy atom. The second kappa shape index (κ2) is 7.18. The molecule has 0 aromatic heterocycles. The lowest BCUT2D eigenvalue weighted by atomic mass is 10.1. The predicted molar refractivity (Wildman–Crippen MR) is 108 cm³/mol. The maximum atomic E-state index is 14.6. The van der Waals surface area contributed by atoms with Crippen LogP contribution in [0.25, 0.3) is 0 Å². The van der Waals surface area contributed by atoms with Crippen LogP contribution in [0.3, 0.4) is 0 Å². The van der Waals surface area contributed by atoms with Crippen molar-refractivity contribution in [1.29, 1.82) is 0 Å². The molecule has 2 aliphatic heterocycles. The van der Waals surface area contributed by atoms with E-state index in [4.69, 9.17) is 0 Å². The van der Waals surface area contributed by atoms with Gasteiger partial charge in [-0.05, 0) is 35.9 Å². The normalized spacial score (nSPS) is 23.4. The van der Waals surface area contributed by atoms with E-state index in [0.29, 0.717) is 21.1 Å². The summed E-state index contributed by atoms with van der Waals surface area (Å²) in [7, 11) is -3.19. The van der Waals surface area contributed by atoms with Crippen molar-refractivity contribution in [3.8, 4) is 0 Å². The van der Waals surface area contributed by atoms with Gasteiger partial charge in [-0.1, -0.05) is 39.8 Å². The first-order valence-electron chi connectivity index (χ1n) is 8.22. The molecule has 2 atom stereocenters. The van der Waals surface area contributed by atoms with Crippen molar-refractivity contribution in [2.75, 3.05) is 16.4 Å². The third-order valence-corrected chi connectivity index (χ3v) is 7.79. The van der Waals surface area contributed by atoms with E-state index >= 15 is 0 Å². The molecule has 2 aromatic rings. The number of halogens is 3. The van der Waals surface area contributed by atoms with Crippen molar-refractivity contribution < 1.29 is 17.2 Å². The lowest BCUT2D eigenvalue weighted by molar-refractivity contribution is 0.600. The van der Waals surface area contributed by atoms with E-state index in [-0.39, 0.29) is 17.3 Å². The van der Waals surface area contributed by atoms with Gasteiger partial charge in [0.15, 0.2) is 15.0 Å². The number of fused-ring (bicyclic) bond motifs is 1. The number of hydrogen-bond donors (Lipinski definition) is 0. The van der Waals surface area contributed by atoms with Crippen molar-refractivity contribution in [2.24, 2.45) is 4.99 Å². The second-order valence-electron chi connectivity index (χ2n) is 6.50. The molecule has 0 saturated carbocycles. The van der Waals surface area contributed by atoms with Gasteiger partial charge in [0.2, 0.25) is 0 Å². The van der Waals surface area contributed by atoms with Gasteiger partial charge in [0.1, 0.15) is 11.6 Å². The second-order valence-corrected chi connectivity index (χ2v) is 10.5. The molecular weight excluding hydrogens is 458 g/mol. The Morgan fingerprint density at radius 1 is 1.15 bits per heavy atom. The summed E-state index contributed by atoms with van der Waals surface area (Å²) >= 11 is 4.64. The zero-order valence-corrected chi connectivity index (χ0v) is 17.2. The molecule has 27 heavy (non-hydrogen) atoms. The Hall–Kier alpha value is -1.45. The first kappa shape index (κ1) is 18.9. The number of rotatable bonds is 3. The molecule has 2 aliphatic rings. The fourth-order valence-electron chi connectivity index (χ4n) is 3.32. The average molecular weight is 473 g/mol. The van der Waals surface area contributed by atoms with Crippen LogP contribution in [0.1, 0.15) is 5.56 Å². The average Bonchev–Trinajstić information content (AvgIpc) is 3.06. The van der Waals surface area contributed by atoms with Crippen molar-refractivity contribution in [1.82, 2.24) is 0 Å². The number of benzene rings is 2. The van der Waals surface area contributed by atoms with Crippen LogP contribution in [0.15, 0.2) is 51.9 Å². The molecule has 2 unspecified atom stereocenters. The minimum absolute atomic E-state index is 0.0209. The standard InChI is InChI=1S/C18H15BrF2N2O2S2/c19-12-3-6-16(14(21)7-12)23-17-10-27(24,25)9-15(17)22-18(23)26-8-11-1-4-13(20)5-2-11/h1-7,15,17H,8-10H2. The van der Waals surface area contributed by atoms with Gasteiger partial charge in [0.05, 0.1) is 29.3 Å². The van der Waals surface area contributed by atoms with Crippen molar-refractivity contribution >= 4 is 48.4 Å². The highest BCUT2D eigenvalue weighted by molar-refractivity contribution is 9.10. The number of aliphatic imine (C=N–C) groups is 1. The molecule has 9 heteroatoms. The monoisotopic (exact) mass is 472 g/mol. The first-order valence-corrected chi connectivity index (χ1v) is 11.8. The first-order chi connectivity index (χ1) is 12.8. The summed E-state index contributed by atoms with van der Waals surface area (Å²) in [6.45, 7) is 0. The summed E-state index contributed by atoms with van der Waals surface area (Å²) in [5.74, 6) is -0.283. The van der Waals surface area contributed by atoms with Crippen molar-refractivity contribution in [2.45, 2.75) is 17.8 Å². The number of anilines is 1. The van der Waals surface area contributed by atoms with Gasteiger partial charge < -0.3 is 4.90 Å². The van der Waals surface area contributed by atoms with Crippen LogP contribution in [-0.4, -0.2) is 37.2 Å².